The van der Waals surface area contributed by atoms with E-state index < -0.39 is 0 Å². The Balaban J connectivity index is 2.51. The highest BCUT2D eigenvalue weighted by molar-refractivity contribution is 5.54. The SMILES string of the molecule is Cc1n[nH]nc1-c1cnccn1. The van der Waals surface area contributed by atoms with Crippen molar-refractivity contribution in [2.45, 2.75) is 6.92 Å². The van der Waals surface area contributed by atoms with E-state index in [9.17, 15) is 0 Å². The molecule has 2 aromatic heterocycles. The molecular formula is C7H7N5. The van der Waals surface area contributed by atoms with E-state index >= 15 is 0 Å². The number of aryl methyl sites for hydroxylation is 1. The van der Waals surface area contributed by atoms with Gasteiger partial charge in [-0.05, 0) is 6.92 Å². The number of hydrogen-bond donors (Lipinski definition) is 1. The molecule has 0 spiro atoms. The lowest BCUT2D eigenvalue weighted by atomic mass is 10.3. The van der Waals surface area contributed by atoms with Gasteiger partial charge in [0.2, 0.25) is 0 Å². The molecule has 2 rings (SSSR count). The molecule has 5 nitrogen and oxygen atoms in total. The Morgan fingerprint density at radius 2 is 2.17 bits per heavy atom. The van der Waals surface area contributed by atoms with Gasteiger partial charge in [-0.1, -0.05) is 0 Å². The minimum absolute atomic E-state index is 0.740. The summed E-state index contributed by atoms with van der Waals surface area (Å²) in [5.41, 5.74) is 2.32. The standard InChI is InChI=1S/C7H7N5/c1-5-7(11-12-10-5)6-4-8-2-3-9-6/h2-4H,1H3,(H,10,11,12). The van der Waals surface area contributed by atoms with E-state index in [2.05, 4.69) is 25.4 Å². The van der Waals surface area contributed by atoms with Crippen LogP contribution in [0.4, 0.5) is 0 Å². The Morgan fingerprint density at radius 3 is 2.75 bits per heavy atom. The summed E-state index contributed by atoms with van der Waals surface area (Å²) in [5, 5.41) is 10.4. The van der Waals surface area contributed by atoms with Crippen molar-refractivity contribution in [1.29, 1.82) is 0 Å². The first kappa shape index (κ1) is 6.90. The van der Waals surface area contributed by atoms with Crippen LogP contribution in [0.25, 0.3) is 11.4 Å². The zero-order valence-corrected chi connectivity index (χ0v) is 6.52. The van der Waals surface area contributed by atoms with Crippen molar-refractivity contribution in [3.63, 3.8) is 0 Å². The average Bonchev–Trinajstić information content (AvgIpc) is 2.53. The molecule has 5 heteroatoms. The van der Waals surface area contributed by atoms with Crippen molar-refractivity contribution >= 4 is 0 Å². The van der Waals surface area contributed by atoms with Crippen LogP contribution in [0.3, 0.4) is 0 Å². The molecule has 0 bridgehead atoms. The third-order valence-electron chi connectivity index (χ3n) is 1.53. The second kappa shape index (κ2) is 2.69. The van der Waals surface area contributed by atoms with Gasteiger partial charge < -0.3 is 0 Å². The van der Waals surface area contributed by atoms with Crippen LogP contribution in [0.15, 0.2) is 18.6 Å². The number of rotatable bonds is 1. The smallest absolute Gasteiger partial charge is 0.135 e. The molecule has 0 fully saturated rings. The van der Waals surface area contributed by atoms with Gasteiger partial charge in [-0.25, -0.2) is 0 Å². The summed E-state index contributed by atoms with van der Waals surface area (Å²) in [6.45, 7) is 1.87. The normalized spacial score (nSPS) is 10.1. The second-order valence-electron chi connectivity index (χ2n) is 2.35. The van der Waals surface area contributed by atoms with E-state index in [1.165, 1.54) is 0 Å². The first-order valence-corrected chi connectivity index (χ1v) is 3.51. The Labute approximate surface area is 68.9 Å². The Morgan fingerprint density at radius 1 is 1.25 bits per heavy atom. The lowest BCUT2D eigenvalue weighted by molar-refractivity contribution is 0.928. The quantitative estimate of drug-likeness (QED) is 0.663. The van der Waals surface area contributed by atoms with E-state index in [0.29, 0.717) is 0 Å². The maximum Gasteiger partial charge on any atom is 0.135 e. The molecule has 0 aliphatic rings. The fourth-order valence-corrected chi connectivity index (χ4v) is 0.948. The van der Waals surface area contributed by atoms with Crippen LogP contribution in [0.2, 0.25) is 0 Å². The highest BCUT2D eigenvalue weighted by Crippen LogP contribution is 2.13. The molecule has 0 saturated carbocycles. The fraction of sp³-hybridized carbons (Fsp3) is 0.143. The molecule has 2 aromatic rings. The van der Waals surface area contributed by atoms with Gasteiger partial charge in [0, 0.05) is 12.4 Å². The van der Waals surface area contributed by atoms with Gasteiger partial charge >= 0.3 is 0 Å². The van der Waals surface area contributed by atoms with Crippen LogP contribution in [-0.2, 0) is 0 Å². The minimum Gasteiger partial charge on any atom is -0.261 e. The molecule has 0 radical (unpaired) electrons. The largest absolute Gasteiger partial charge is 0.261 e. The zero-order chi connectivity index (χ0) is 8.39. The average molecular weight is 161 g/mol. The molecule has 0 aliphatic heterocycles. The fourth-order valence-electron chi connectivity index (χ4n) is 0.948. The van der Waals surface area contributed by atoms with Crippen LogP contribution in [0, 0.1) is 6.92 Å². The molecule has 0 amide bonds. The van der Waals surface area contributed by atoms with Gasteiger partial charge in [-0.2, -0.15) is 15.4 Å². The molecule has 0 saturated heterocycles. The van der Waals surface area contributed by atoms with Crippen LogP contribution in [0.5, 0.6) is 0 Å². The van der Waals surface area contributed by atoms with Crippen LogP contribution in [0.1, 0.15) is 5.69 Å². The van der Waals surface area contributed by atoms with Gasteiger partial charge in [-0.15, -0.1) is 0 Å². The monoisotopic (exact) mass is 161 g/mol. The maximum absolute atomic E-state index is 4.10. The molecule has 0 atom stereocenters. The Bertz CT molecular complexity index is 366. The number of hydrogen-bond acceptors (Lipinski definition) is 4. The number of nitrogens with zero attached hydrogens (tertiary/aromatic N) is 4. The van der Waals surface area contributed by atoms with E-state index in [1.807, 2.05) is 6.92 Å². The second-order valence-corrected chi connectivity index (χ2v) is 2.35. The van der Waals surface area contributed by atoms with Gasteiger partial charge in [0.25, 0.3) is 0 Å². The van der Waals surface area contributed by atoms with E-state index in [1.54, 1.807) is 18.6 Å². The van der Waals surface area contributed by atoms with Gasteiger partial charge in [0.05, 0.1) is 11.9 Å². The van der Waals surface area contributed by atoms with Crippen LogP contribution in [-0.4, -0.2) is 25.4 Å². The molecule has 0 aromatic carbocycles. The van der Waals surface area contributed by atoms with Crippen molar-refractivity contribution in [2.24, 2.45) is 0 Å². The summed E-state index contributed by atoms with van der Waals surface area (Å²) < 4.78 is 0. The Kier molecular flexibility index (Phi) is 1.55. The Hall–Kier alpha value is -1.78. The predicted octanol–water partition coefficient (Wildman–Crippen LogP) is 0.570. The lowest BCUT2D eigenvalue weighted by Gasteiger charge is -1.92. The number of nitrogens with one attached hydrogen (secondary N) is 1. The van der Waals surface area contributed by atoms with Crippen molar-refractivity contribution in [3.05, 3.63) is 24.3 Å². The lowest BCUT2D eigenvalue weighted by Crippen LogP contribution is -1.86. The first-order chi connectivity index (χ1) is 5.88. The van der Waals surface area contributed by atoms with Gasteiger partial charge in [0.1, 0.15) is 11.4 Å². The highest BCUT2D eigenvalue weighted by Gasteiger charge is 2.05. The molecule has 2 heterocycles. The summed E-state index contributed by atoms with van der Waals surface area (Å²) in [4.78, 5) is 8.03. The molecule has 0 unspecified atom stereocenters. The van der Waals surface area contributed by atoms with E-state index in [0.717, 1.165) is 17.1 Å². The molecule has 60 valence electrons. The van der Waals surface area contributed by atoms with E-state index in [-0.39, 0.29) is 0 Å². The van der Waals surface area contributed by atoms with Crippen molar-refractivity contribution in [3.8, 4) is 11.4 Å². The van der Waals surface area contributed by atoms with Crippen molar-refractivity contribution < 1.29 is 0 Å². The first-order valence-electron chi connectivity index (χ1n) is 3.51. The summed E-state index contributed by atoms with van der Waals surface area (Å²) >= 11 is 0. The number of aromatic nitrogens is 5. The van der Waals surface area contributed by atoms with Gasteiger partial charge in [-0.3, -0.25) is 9.97 Å². The minimum atomic E-state index is 0.740. The molecule has 1 N–H and O–H groups in total. The maximum atomic E-state index is 4.10. The predicted molar refractivity (Wildman–Crippen MR) is 42.1 cm³/mol. The van der Waals surface area contributed by atoms with Crippen LogP contribution >= 0.6 is 0 Å². The molecule has 0 aliphatic carbocycles. The highest BCUT2D eigenvalue weighted by atomic mass is 15.3. The molecular weight excluding hydrogens is 154 g/mol. The topological polar surface area (TPSA) is 67.3 Å². The zero-order valence-electron chi connectivity index (χ0n) is 6.52. The number of aromatic amines is 1. The molecule has 12 heavy (non-hydrogen) atoms. The van der Waals surface area contributed by atoms with Gasteiger partial charge in [0.15, 0.2) is 0 Å². The van der Waals surface area contributed by atoms with Crippen LogP contribution < -0.4 is 0 Å². The summed E-state index contributed by atoms with van der Waals surface area (Å²) in [6, 6.07) is 0. The summed E-state index contributed by atoms with van der Waals surface area (Å²) in [6.07, 6.45) is 4.91. The third-order valence-corrected chi connectivity index (χ3v) is 1.53. The number of H-pyrrole nitrogens is 1. The van der Waals surface area contributed by atoms with Crippen molar-refractivity contribution in [2.75, 3.05) is 0 Å². The summed E-state index contributed by atoms with van der Waals surface area (Å²) in [5.74, 6) is 0. The summed E-state index contributed by atoms with van der Waals surface area (Å²) in [7, 11) is 0. The van der Waals surface area contributed by atoms with Crippen molar-refractivity contribution in [1.82, 2.24) is 25.4 Å². The van der Waals surface area contributed by atoms with E-state index in [4.69, 9.17) is 0 Å². The third kappa shape index (κ3) is 1.05.